The first kappa shape index (κ1) is 9.71. The van der Waals surface area contributed by atoms with Gasteiger partial charge < -0.3 is 4.90 Å². The SMILES string of the molecule is C[C@H]1CCCN(CCn2cccn2)C1. The molecule has 0 saturated carbocycles. The first-order chi connectivity index (χ1) is 6.84. The van der Waals surface area contributed by atoms with E-state index in [9.17, 15) is 0 Å². The minimum atomic E-state index is 0.876. The molecule has 1 saturated heterocycles. The van der Waals surface area contributed by atoms with Crippen LogP contribution in [0, 0.1) is 5.92 Å². The van der Waals surface area contributed by atoms with Crippen molar-refractivity contribution in [3.63, 3.8) is 0 Å². The summed E-state index contributed by atoms with van der Waals surface area (Å²) < 4.78 is 2.01. The molecule has 3 nitrogen and oxygen atoms in total. The fourth-order valence-electron chi connectivity index (χ4n) is 2.17. The highest BCUT2D eigenvalue weighted by Crippen LogP contribution is 2.14. The Kier molecular flexibility index (Phi) is 3.19. The third kappa shape index (κ3) is 2.58. The molecule has 0 aliphatic carbocycles. The van der Waals surface area contributed by atoms with Crippen molar-refractivity contribution < 1.29 is 0 Å². The fourth-order valence-corrected chi connectivity index (χ4v) is 2.17. The molecule has 0 aromatic carbocycles. The topological polar surface area (TPSA) is 21.1 Å². The standard InChI is InChI=1S/C11H19N3/c1-11-4-2-6-13(10-11)8-9-14-7-3-5-12-14/h3,5,7,11H,2,4,6,8-10H2,1H3/t11-/m0/s1. The zero-order valence-electron chi connectivity index (χ0n) is 8.89. The van der Waals surface area contributed by atoms with Crippen LogP contribution in [0.25, 0.3) is 0 Å². The van der Waals surface area contributed by atoms with Gasteiger partial charge in [-0.2, -0.15) is 5.10 Å². The summed E-state index contributed by atoms with van der Waals surface area (Å²) >= 11 is 0. The van der Waals surface area contributed by atoms with E-state index in [1.807, 2.05) is 23.1 Å². The summed E-state index contributed by atoms with van der Waals surface area (Å²) in [5.41, 5.74) is 0. The van der Waals surface area contributed by atoms with E-state index in [2.05, 4.69) is 16.9 Å². The Morgan fingerprint density at radius 2 is 2.36 bits per heavy atom. The molecule has 3 heteroatoms. The maximum absolute atomic E-state index is 4.21. The summed E-state index contributed by atoms with van der Waals surface area (Å²) in [4.78, 5) is 2.55. The van der Waals surface area contributed by atoms with Crippen LogP contribution >= 0.6 is 0 Å². The first-order valence-corrected chi connectivity index (χ1v) is 5.54. The van der Waals surface area contributed by atoms with Crippen LogP contribution in [0.5, 0.6) is 0 Å². The predicted octanol–water partition coefficient (Wildman–Crippen LogP) is 1.61. The first-order valence-electron chi connectivity index (χ1n) is 5.54. The summed E-state index contributed by atoms with van der Waals surface area (Å²) in [5.74, 6) is 0.876. The average molecular weight is 193 g/mol. The van der Waals surface area contributed by atoms with E-state index in [4.69, 9.17) is 0 Å². The van der Waals surface area contributed by atoms with Gasteiger partial charge in [0.05, 0.1) is 6.54 Å². The second-order valence-corrected chi connectivity index (χ2v) is 4.32. The van der Waals surface area contributed by atoms with Crippen molar-refractivity contribution in [1.82, 2.24) is 14.7 Å². The maximum atomic E-state index is 4.21. The van der Waals surface area contributed by atoms with E-state index in [1.54, 1.807) is 0 Å². The van der Waals surface area contributed by atoms with Crippen LogP contribution < -0.4 is 0 Å². The van der Waals surface area contributed by atoms with Gasteiger partial charge in [-0.05, 0) is 31.4 Å². The van der Waals surface area contributed by atoms with Crippen LogP contribution in [-0.4, -0.2) is 34.3 Å². The summed E-state index contributed by atoms with van der Waals surface area (Å²) in [6.45, 7) is 7.05. The van der Waals surface area contributed by atoms with Crippen LogP contribution in [0.1, 0.15) is 19.8 Å². The van der Waals surface area contributed by atoms with Gasteiger partial charge in [-0.25, -0.2) is 0 Å². The fraction of sp³-hybridized carbons (Fsp3) is 0.727. The lowest BCUT2D eigenvalue weighted by Gasteiger charge is -2.30. The lowest BCUT2D eigenvalue weighted by Crippen LogP contribution is -2.36. The summed E-state index contributed by atoms with van der Waals surface area (Å²) in [6, 6.07) is 1.98. The van der Waals surface area contributed by atoms with Crippen LogP contribution in [0.3, 0.4) is 0 Å². The van der Waals surface area contributed by atoms with Gasteiger partial charge >= 0.3 is 0 Å². The number of likely N-dealkylation sites (tertiary alicyclic amines) is 1. The minimum Gasteiger partial charge on any atom is -0.301 e. The largest absolute Gasteiger partial charge is 0.301 e. The minimum absolute atomic E-state index is 0.876. The van der Waals surface area contributed by atoms with E-state index >= 15 is 0 Å². The van der Waals surface area contributed by atoms with Crippen LogP contribution in [0.15, 0.2) is 18.5 Å². The van der Waals surface area contributed by atoms with Crippen molar-refractivity contribution in [1.29, 1.82) is 0 Å². The Balaban J connectivity index is 1.75. The van der Waals surface area contributed by atoms with Gasteiger partial charge in [0.1, 0.15) is 0 Å². The maximum Gasteiger partial charge on any atom is 0.0536 e. The highest BCUT2D eigenvalue weighted by molar-refractivity contribution is 4.78. The highest BCUT2D eigenvalue weighted by atomic mass is 15.3. The third-order valence-corrected chi connectivity index (χ3v) is 2.95. The monoisotopic (exact) mass is 193 g/mol. The van der Waals surface area contributed by atoms with Gasteiger partial charge in [0.25, 0.3) is 0 Å². The summed E-state index contributed by atoms with van der Waals surface area (Å²) in [7, 11) is 0. The van der Waals surface area contributed by atoms with E-state index in [1.165, 1.54) is 25.9 Å². The van der Waals surface area contributed by atoms with Gasteiger partial charge in [-0.3, -0.25) is 4.68 Å². The molecule has 2 heterocycles. The van der Waals surface area contributed by atoms with Crippen LogP contribution in [-0.2, 0) is 6.54 Å². The molecule has 1 aliphatic heterocycles. The molecule has 2 rings (SSSR count). The average Bonchev–Trinajstić information content (AvgIpc) is 2.67. The van der Waals surface area contributed by atoms with E-state index < -0.39 is 0 Å². The molecule has 0 N–H and O–H groups in total. The van der Waals surface area contributed by atoms with Gasteiger partial charge in [0, 0.05) is 25.5 Å². The molecular formula is C11H19N3. The van der Waals surface area contributed by atoms with Gasteiger partial charge in [-0.15, -0.1) is 0 Å². The van der Waals surface area contributed by atoms with E-state index in [0.29, 0.717) is 0 Å². The summed E-state index contributed by atoms with van der Waals surface area (Å²) in [6.07, 6.45) is 6.64. The molecular weight excluding hydrogens is 174 g/mol. The molecule has 0 radical (unpaired) electrons. The lowest BCUT2D eigenvalue weighted by atomic mass is 10.0. The van der Waals surface area contributed by atoms with E-state index in [0.717, 1.165) is 19.0 Å². The number of piperidine rings is 1. The number of hydrogen-bond acceptors (Lipinski definition) is 2. The van der Waals surface area contributed by atoms with Crippen molar-refractivity contribution in [3.8, 4) is 0 Å². The molecule has 1 aromatic rings. The molecule has 78 valence electrons. The smallest absolute Gasteiger partial charge is 0.0536 e. The van der Waals surface area contributed by atoms with Crippen molar-refractivity contribution in [2.24, 2.45) is 5.92 Å². The van der Waals surface area contributed by atoms with Crippen molar-refractivity contribution in [3.05, 3.63) is 18.5 Å². The number of rotatable bonds is 3. The lowest BCUT2D eigenvalue weighted by molar-refractivity contribution is 0.176. The molecule has 1 aromatic heterocycles. The summed E-state index contributed by atoms with van der Waals surface area (Å²) in [5, 5.41) is 4.21. The highest BCUT2D eigenvalue weighted by Gasteiger charge is 2.15. The number of hydrogen-bond donors (Lipinski definition) is 0. The van der Waals surface area contributed by atoms with Gasteiger partial charge in [-0.1, -0.05) is 6.92 Å². The molecule has 1 aliphatic rings. The van der Waals surface area contributed by atoms with Crippen molar-refractivity contribution in [2.75, 3.05) is 19.6 Å². The molecule has 1 atom stereocenters. The Morgan fingerprint density at radius 1 is 1.43 bits per heavy atom. The Hall–Kier alpha value is -0.830. The normalized spacial score (nSPS) is 23.9. The molecule has 0 bridgehead atoms. The van der Waals surface area contributed by atoms with Crippen molar-refractivity contribution in [2.45, 2.75) is 26.3 Å². The molecule has 14 heavy (non-hydrogen) atoms. The molecule has 0 amide bonds. The van der Waals surface area contributed by atoms with Gasteiger partial charge in [0.2, 0.25) is 0 Å². The second-order valence-electron chi connectivity index (χ2n) is 4.32. The molecule has 1 fully saturated rings. The molecule has 0 unspecified atom stereocenters. The van der Waals surface area contributed by atoms with E-state index in [-0.39, 0.29) is 0 Å². The Bertz CT molecular complexity index is 256. The Morgan fingerprint density at radius 3 is 3.07 bits per heavy atom. The second kappa shape index (κ2) is 4.60. The van der Waals surface area contributed by atoms with Crippen molar-refractivity contribution >= 4 is 0 Å². The zero-order valence-corrected chi connectivity index (χ0v) is 8.89. The van der Waals surface area contributed by atoms with Crippen LogP contribution in [0.2, 0.25) is 0 Å². The van der Waals surface area contributed by atoms with Gasteiger partial charge in [0.15, 0.2) is 0 Å². The zero-order chi connectivity index (χ0) is 9.80. The number of aromatic nitrogens is 2. The van der Waals surface area contributed by atoms with Crippen LogP contribution in [0.4, 0.5) is 0 Å². The third-order valence-electron chi connectivity index (χ3n) is 2.95. The predicted molar refractivity (Wildman–Crippen MR) is 57.1 cm³/mol. The molecule has 0 spiro atoms. The quantitative estimate of drug-likeness (QED) is 0.727. The Labute approximate surface area is 85.7 Å². The number of nitrogens with zero attached hydrogens (tertiary/aromatic N) is 3.